The van der Waals surface area contributed by atoms with Gasteiger partial charge in [0.15, 0.2) is 6.61 Å². The molecule has 0 atom stereocenters. The number of phenolic OH excluding ortho intramolecular Hbond substituents is 2. The topological polar surface area (TPSA) is 135 Å². The monoisotopic (exact) mass is 445 g/mol. The number of nitrogens with one attached hydrogen (secondary N) is 1. The molecule has 0 aliphatic heterocycles. The Balaban J connectivity index is 1.74. The van der Waals surface area contributed by atoms with E-state index in [9.17, 15) is 24.6 Å². The molecule has 3 N–H and O–H groups in total. The molecule has 0 radical (unpaired) electrons. The molecule has 0 aliphatic rings. The number of hydrogen-bond acceptors (Lipinski definition) is 9. The summed E-state index contributed by atoms with van der Waals surface area (Å²) in [7, 11) is 0. The molecule has 9 nitrogen and oxygen atoms in total. The van der Waals surface area contributed by atoms with Gasteiger partial charge in [0.25, 0.3) is 5.91 Å². The highest BCUT2D eigenvalue weighted by atomic mass is 32.1. The van der Waals surface area contributed by atoms with Gasteiger partial charge in [-0.25, -0.2) is 9.59 Å². The third-order valence-electron chi connectivity index (χ3n) is 4.06. The molecule has 2 aromatic heterocycles. The fourth-order valence-corrected chi connectivity index (χ4v) is 3.63. The minimum absolute atomic E-state index is 0.136. The van der Waals surface area contributed by atoms with Crippen LogP contribution < -0.4 is 5.32 Å². The smallest absolute Gasteiger partial charge is 0.342 e. The number of carbonyl (C=O) groups is 3. The lowest BCUT2D eigenvalue weighted by Crippen LogP contribution is -2.21. The SMILES string of the molecule is CCOC(=O)c1c(-c2ccc(C)o2)csc1NC(=O)COC(=O)c1ccc(O)cc1O. The molecule has 1 amide bonds. The van der Waals surface area contributed by atoms with Crippen LogP contribution in [0.1, 0.15) is 33.4 Å². The standard InChI is InChI=1S/C21H19NO8S/c1-3-28-21(27)18-14(16-7-4-11(2)30-16)10-31-19(18)22-17(25)9-29-20(26)13-6-5-12(23)8-15(13)24/h4-8,10,23-24H,3,9H2,1-2H3,(H,22,25). The molecule has 0 aliphatic carbocycles. The molecular formula is C21H19NO8S. The van der Waals surface area contributed by atoms with E-state index in [4.69, 9.17) is 13.9 Å². The summed E-state index contributed by atoms with van der Waals surface area (Å²) >= 11 is 1.10. The summed E-state index contributed by atoms with van der Waals surface area (Å²) in [6.07, 6.45) is 0. The fraction of sp³-hybridized carbons (Fsp3) is 0.190. The first-order valence-corrected chi connectivity index (χ1v) is 10.0. The number of esters is 2. The molecule has 162 valence electrons. The van der Waals surface area contributed by atoms with Gasteiger partial charge in [0, 0.05) is 17.0 Å². The number of anilines is 1. The van der Waals surface area contributed by atoms with E-state index in [2.05, 4.69) is 5.32 Å². The molecule has 0 saturated carbocycles. The van der Waals surface area contributed by atoms with Gasteiger partial charge < -0.3 is 29.4 Å². The van der Waals surface area contributed by atoms with Gasteiger partial charge >= 0.3 is 11.9 Å². The van der Waals surface area contributed by atoms with E-state index in [1.54, 1.807) is 31.4 Å². The van der Waals surface area contributed by atoms with E-state index in [0.717, 1.165) is 17.4 Å². The van der Waals surface area contributed by atoms with Gasteiger partial charge in [0.05, 0.1) is 6.61 Å². The summed E-state index contributed by atoms with van der Waals surface area (Å²) in [5.41, 5.74) is 0.402. The van der Waals surface area contributed by atoms with Crippen molar-refractivity contribution >= 4 is 34.2 Å². The largest absolute Gasteiger partial charge is 0.508 e. The number of amides is 1. The lowest BCUT2D eigenvalue weighted by atomic mass is 10.1. The third-order valence-corrected chi connectivity index (χ3v) is 4.96. The summed E-state index contributed by atoms with van der Waals surface area (Å²) < 4.78 is 15.6. The van der Waals surface area contributed by atoms with Crippen molar-refractivity contribution in [2.75, 3.05) is 18.5 Å². The quantitative estimate of drug-likeness (QED) is 0.469. The van der Waals surface area contributed by atoms with Crippen LogP contribution in [-0.4, -0.2) is 41.3 Å². The summed E-state index contributed by atoms with van der Waals surface area (Å²) in [6, 6.07) is 6.80. The first-order chi connectivity index (χ1) is 14.8. The van der Waals surface area contributed by atoms with Crippen molar-refractivity contribution in [2.24, 2.45) is 0 Å². The zero-order chi connectivity index (χ0) is 22.5. The molecular weight excluding hydrogens is 426 g/mol. The van der Waals surface area contributed by atoms with Crippen molar-refractivity contribution in [3.8, 4) is 22.8 Å². The molecule has 0 unspecified atom stereocenters. The average Bonchev–Trinajstić information content (AvgIpc) is 3.32. The first-order valence-electron chi connectivity index (χ1n) is 9.14. The number of thiophene rings is 1. The van der Waals surface area contributed by atoms with Crippen molar-refractivity contribution in [1.82, 2.24) is 0 Å². The van der Waals surface area contributed by atoms with Crippen LogP contribution in [0.3, 0.4) is 0 Å². The van der Waals surface area contributed by atoms with Crippen LogP contribution in [-0.2, 0) is 14.3 Å². The van der Waals surface area contributed by atoms with Crippen molar-refractivity contribution in [3.63, 3.8) is 0 Å². The number of hydrogen-bond donors (Lipinski definition) is 3. The molecule has 31 heavy (non-hydrogen) atoms. The van der Waals surface area contributed by atoms with E-state index in [-0.39, 0.29) is 28.5 Å². The fourth-order valence-electron chi connectivity index (χ4n) is 2.68. The number of rotatable bonds is 7. The van der Waals surface area contributed by atoms with Gasteiger partial charge in [-0.2, -0.15) is 0 Å². The van der Waals surface area contributed by atoms with Crippen LogP contribution >= 0.6 is 11.3 Å². The Labute approximate surface area is 180 Å². The maximum Gasteiger partial charge on any atom is 0.342 e. The van der Waals surface area contributed by atoms with E-state index in [1.165, 1.54) is 12.1 Å². The predicted molar refractivity (Wildman–Crippen MR) is 111 cm³/mol. The van der Waals surface area contributed by atoms with Gasteiger partial charge in [-0.05, 0) is 38.1 Å². The number of carbonyl (C=O) groups excluding carboxylic acids is 3. The Morgan fingerprint density at radius 2 is 1.87 bits per heavy atom. The average molecular weight is 445 g/mol. The van der Waals surface area contributed by atoms with E-state index in [1.807, 2.05) is 0 Å². The lowest BCUT2D eigenvalue weighted by molar-refractivity contribution is -0.119. The molecule has 10 heteroatoms. The molecule has 0 saturated heterocycles. The van der Waals surface area contributed by atoms with E-state index >= 15 is 0 Å². The van der Waals surface area contributed by atoms with Gasteiger partial charge in [0.2, 0.25) is 0 Å². The van der Waals surface area contributed by atoms with E-state index < -0.39 is 30.2 Å². The minimum atomic E-state index is -0.948. The Morgan fingerprint density at radius 3 is 2.52 bits per heavy atom. The Morgan fingerprint density at radius 1 is 1.10 bits per heavy atom. The molecule has 0 spiro atoms. The number of aromatic hydroxyl groups is 2. The van der Waals surface area contributed by atoms with Crippen molar-refractivity contribution in [2.45, 2.75) is 13.8 Å². The maximum absolute atomic E-state index is 12.5. The first kappa shape index (κ1) is 21.9. The highest BCUT2D eigenvalue weighted by Gasteiger charge is 2.25. The van der Waals surface area contributed by atoms with Crippen LogP contribution in [0.4, 0.5) is 5.00 Å². The Kier molecular flexibility index (Phi) is 6.61. The van der Waals surface area contributed by atoms with Gasteiger partial charge in [0.1, 0.15) is 39.1 Å². The molecule has 0 fully saturated rings. The maximum atomic E-state index is 12.5. The van der Waals surface area contributed by atoms with Crippen molar-refractivity contribution in [3.05, 3.63) is 52.6 Å². The highest BCUT2D eigenvalue weighted by Crippen LogP contribution is 2.37. The van der Waals surface area contributed by atoms with Gasteiger partial charge in [-0.15, -0.1) is 11.3 Å². The van der Waals surface area contributed by atoms with Gasteiger partial charge in [-0.3, -0.25) is 4.79 Å². The van der Waals surface area contributed by atoms with Crippen LogP contribution in [0.25, 0.3) is 11.3 Å². The molecule has 3 rings (SSSR count). The molecule has 3 aromatic rings. The zero-order valence-electron chi connectivity index (χ0n) is 16.6. The van der Waals surface area contributed by atoms with Crippen molar-refractivity contribution in [1.29, 1.82) is 0 Å². The van der Waals surface area contributed by atoms with Crippen LogP contribution in [0, 0.1) is 6.92 Å². The second-order valence-corrected chi connectivity index (χ2v) is 7.19. The zero-order valence-corrected chi connectivity index (χ0v) is 17.4. The number of ether oxygens (including phenoxy) is 2. The van der Waals surface area contributed by atoms with E-state index in [0.29, 0.717) is 17.1 Å². The number of furan rings is 1. The van der Waals surface area contributed by atoms with Crippen LogP contribution in [0.5, 0.6) is 11.5 Å². The third kappa shape index (κ3) is 5.04. The predicted octanol–water partition coefficient (Wildman–Crippen LogP) is 3.70. The lowest BCUT2D eigenvalue weighted by Gasteiger charge is -2.09. The minimum Gasteiger partial charge on any atom is -0.508 e. The molecule has 0 bridgehead atoms. The van der Waals surface area contributed by atoms with Crippen LogP contribution in [0.2, 0.25) is 0 Å². The Hall–Kier alpha value is -3.79. The van der Waals surface area contributed by atoms with Crippen LogP contribution in [0.15, 0.2) is 40.1 Å². The second-order valence-electron chi connectivity index (χ2n) is 6.31. The number of phenols is 2. The Bertz CT molecular complexity index is 1130. The normalized spacial score (nSPS) is 10.5. The number of benzene rings is 1. The summed E-state index contributed by atoms with van der Waals surface area (Å²) in [6.45, 7) is 2.92. The number of aryl methyl sites for hydroxylation is 1. The summed E-state index contributed by atoms with van der Waals surface area (Å²) in [4.78, 5) is 36.9. The molecule has 2 heterocycles. The highest BCUT2D eigenvalue weighted by molar-refractivity contribution is 7.15. The van der Waals surface area contributed by atoms with Crippen molar-refractivity contribution < 1.29 is 38.5 Å². The second kappa shape index (κ2) is 9.35. The van der Waals surface area contributed by atoms with Gasteiger partial charge in [-0.1, -0.05) is 0 Å². The molecule has 1 aromatic carbocycles. The summed E-state index contributed by atoms with van der Waals surface area (Å²) in [5, 5.41) is 23.4. The summed E-state index contributed by atoms with van der Waals surface area (Å²) in [5.74, 6) is -1.87.